The summed E-state index contributed by atoms with van der Waals surface area (Å²) in [5.74, 6) is -1.81. The average molecular weight is 249 g/mol. The Morgan fingerprint density at radius 1 is 1.41 bits per heavy atom. The minimum Gasteiger partial charge on any atom is -0.480 e. The number of likely N-dealkylation sites (N-methyl/N-ethyl adjacent to an activating group) is 1. The number of alkyl halides is 3. The van der Waals surface area contributed by atoms with Crippen molar-refractivity contribution in [3.05, 3.63) is 29.8 Å². The van der Waals surface area contributed by atoms with Crippen LogP contribution in [0.4, 0.5) is 13.2 Å². The number of hydrogen-bond donors (Lipinski definition) is 2. The van der Waals surface area contributed by atoms with Gasteiger partial charge in [0.2, 0.25) is 0 Å². The number of para-hydroxylation sites is 1. The fourth-order valence-corrected chi connectivity index (χ4v) is 1.35. The summed E-state index contributed by atoms with van der Waals surface area (Å²) >= 11 is 0. The predicted molar refractivity (Wildman–Crippen MR) is 52.6 cm³/mol. The molecular weight excluding hydrogens is 239 g/mol. The Labute approximate surface area is 95.0 Å². The van der Waals surface area contributed by atoms with E-state index >= 15 is 0 Å². The molecule has 1 atom stereocenters. The zero-order chi connectivity index (χ0) is 13.1. The molecule has 0 radical (unpaired) electrons. The number of halogens is 3. The van der Waals surface area contributed by atoms with Gasteiger partial charge in [0.05, 0.1) is 0 Å². The topological polar surface area (TPSA) is 58.6 Å². The van der Waals surface area contributed by atoms with Crippen LogP contribution in [0, 0.1) is 0 Å². The molecule has 2 N–H and O–H groups in total. The highest BCUT2D eigenvalue weighted by atomic mass is 19.4. The molecule has 94 valence electrons. The predicted octanol–water partition coefficient (Wildman–Crippen LogP) is 1.93. The molecule has 17 heavy (non-hydrogen) atoms. The van der Waals surface area contributed by atoms with Gasteiger partial charge in [-0.15, -0.1) is 13.2 Å². The Hall–Kier alpha value is -1.76. The number of carbonyl (C=O) groups is 1. The van der Waals surface area contributed by atoms with Gasteiger partial charge in [0.1, 0.15) is 11.8 Å². The molecule has 0 bridgehead atoms. The molecule has 0 aliphatic rings. The van der Waals surface area contributed by atoms with Crippen molar-refractivity contribution in [2.75, 3.05) is 7.05 Å². The normalized spacial score (nSPS) is 13.2. The van der Waals surface area contributed by atoms with E-state index in [-0.39, 0.29) is 5.56 Å². The lowest BCUT2D eigenvalue weighted by atomic mass is 10.1. The van der Waals surface area contributed by atoms with Crippen LogP contribution < -0.4 is 10.1 Å². The maximum Gasteiger partial charge on any atom is 0.573 e. The van der Waals surface area contributed by atoms with Gasteiger partial charge < -0.3 is 15.2 Å². The summed E-state index contributed by atoms with van der Waals surface area (Å²) in [5, 5.41) is 11.2. The molecule has 0 heterocycles. The van der Waals surface area contributed by atoms with Crippen LogP contribution in [0.15, 0.2) is 24.3 Å². The van der Waals surface area contributed by atoms with Crippen molar-refractivity contribution in [1.82, 2.24) is 5.32 Å². The van der Waals surface area contributed by atoms with Crippen molar-refractivity contribution in [3.63, 3.8) is 0 Å². The van der Waals surface area contributed by atoms with E-state index < -0.39 is 24.1 Å². The Kier molecular flexibility index (Phi) is 3.95. The first-order valence-corrected chi connectivity index (χ1v) is 4.60. The maximum atomic E-state index is 12.1. The van der Waals surface area contributed by atoms with Gasteiger partial charge in [-0.2, -0.15) is 0 Å². The summed E-state index contributed by atoms with van der Waals surface area (Å²) in [6.45, 7) is 0. The van der Waals surface area contributed by atoms with Gasteiger partial charge in [-0.25, -0.2) is 0 Å². The summed E-state index contributed by atoms with van der Waals surface area (Å²) in [4.78, 5) is 10.8. The highest BCUT2D eigenvalue weighted by Gasteiger charge is 2.33. The number of rotatable bonds is 4. The Bertz CT molecular complexity index is 406. The van der Waals surface area contributed by atoms with Crippen molar-refractivity contribution in [2.24, 2.45) is 0 Å². The number of carboxylic acids is 1. The van der Waals surface area contributed by atoms with Crippen molar-refractivity contribution in [3.8, 4) is 5.75 Å². The molecule has 1 unspecified atom stereocenters. The van der Waals surface area contributed by atoms with Crippen molar-refractivity contribution < 1.29 is 27.8 Å². The lowest BCUT2D eigenvalue weighted by Gasteiger charge is -2.17. The van der Waals surface area contributed by atoms with Crippen LogP contribution in [-0.2, 0) is 4.79 Å². The molecule has 0 saturated carbocycles. The van der Waals surface area contributed by atoms with Gasteiger partial charge in [0.25, 0.3) is 0 Å². The molecule has 1 rings (SSSR count). The third-order valence-electron chi connectivity index (χ3n) is 1.99. The minimum absolute atomic E-state index is 0.0835. The summed E-state index contributed by atoms with van der Waals surface area (Å²) < 4.78 is 40.1. The highest BCUT2D eigenvalue weighted by Crippen LogP contribution is 2.30. The molecule has 0 amide bonds. The number of ether oxygens (including phenoxy) is 1. The molecule has 0 aliphatic carbocycles. The number of aliphatic carboxylic acids is 1. The molecule has 1 aromatic rings. The summed E-state index contributed by atoms with van der Waals surface area (Å²) in [7, 11) is 1.34. The molecule has 7 heteroatoms. The molecule has 0 spiro atoms. The lowest BCUT2D eigenvalue weighted by Crippen LogP contribution is -2.27. The quantitative estimate of drug-likeness (QED) is 0.856. The standard InChI is InChI=1S/C10H10F3NO3/c1-14-8(9(15)16)6-4-2-3-5-7(6)17-10(11,12)13/h2-5,8,14H,1H3,(H,15,16). The third kappa shape index (κ3) is 3.63. The molecule has 1 aromatic carbocycles. The zero-order valence-electron chi connectivity index (χ0n) is 8.78. The molecular formula is C10H10F3NO3. The molecule has 0 aromatic heterocycles. The first kappa shape index (κ1) is 13.3. The number of carboxylic acid groups (broad SMARTS) is 1. The lowest BCUT2D eigenvalue weighted by molar-refractivity contribution is -0.275. The Morgan fingerprint density at radius 2 is 2.00 bits per heavy atom. The molecule has 0 aliphatic heterocycles. The highest BCUT2D eigenvalue weighted by molar-refractivity contribution is 5.76. The third-order valence-corrected chi connectivity index (χ3v) is 1.99. The molecule has 0 fully saturated rings. The van der Waals surface area contributed by atoms with Crippen LogP contribution in [0.1, 0.15) is 11.6 Å². The summed E-state index contributed by atoms with van der Waals surface area (Å²) in [5.41, 5.74) is -0.0835. The smallest absolute Gasteiger partial charge is 0.480 e. The van der Waals surface area contributed by atoms with Gasteiger partial charge in [-0.3, -0.25) is 4.79 Å². The average Bonchev–Trinajstić information content (AvgIpc) is 2.18. The fraction of sp³-hybridized carbons (Fsp3) is 0.300. The number of nitrogens with one attached hydrogen (secondary N) is 1. The van der Waals surface area contributed by atoms with E-state index in [4.69, 9.17) is 5.11 Å². The monoisotopic (exact) mass is 249 g/mol. The number of hydrogen-bond acceptors (Lipinski definition) is 3. The van der Waals surface area contributed by atoms with Gasteiger partial charge in [0.15, 0.2) is 0 Å². The van der Waals surface area contributed by atoms with Crippen LogP contribution in [0.25, 0.3) is 0 Å². The Balaban J connectivity index is 3.11. The fourth-order valence-electron chi connectivity index (χ4n) is 1.35. The van der Waals surface area contributed by atoms with Gasteiger partial charge in [0, 0.05) is 5.56 Å². The van der Waals surface area contributed by atoms with Gasteiger partial charge >= 0.3 is 12.3 Å². The van der Waals surface area contributed by atoms with E-state index in [1.54, 1.807) is 0 Å². The second-order valence-corrected chi connectivity index (χ2v) is 3.15. The van der Waals surface area contributed by atoms with E-state index in [0.717, 1.165) is 6.07 Å². The van der Waals surface area contributed by atoms with E-state index in [1.807, 2.05) is 0 Å². The summed E-state index contributed by atoms with van der Waals surface area (Å²) in [6.07, 6.45) is -4.85. The van der Waals surface area contributed by atoms with E-state index in [1.165, 1.54) is 25.2 Å². The summed E-state index contributed by atoms with van der Waals surface area (Å²) in [6, 6.07) is 3.84. The van der Waals surface area contributed by atoms with Gasteiger partial charge in [-0.1, -0.05) is 18.2 Å². The number of benzene rings is 1. The van der Waals surface area contributed by atoms with Crippen molar-refractivity contribution >= 4 is 5.97 Å². The maximum absolute atomic E-state index is 12.1. The molecule has 4 nitrogen and oxygen atoms in total. The van der Waals surface area contributed by atoms with Crippen LogP contribution in [0.5, 0.6) is 5.75 Å². The zero-order valence-corrected chi connectivity index (χ0v) is 8.78. The van der Waals surface area contributed by atoms with Crippen LogP contribution in [-0.4, -0.2) is 24.5 Å². The van der Waals surface area contributed by atoms with E-state index in [2.05, 4.69) is 10.1 Å². The van der Waals surface area contributed by atoms with E-state index in [9.17, 15) is 18.0 Å². The largest absolute Gasteiger partial charge is 0.573 e. The van der Waals surface area contributed by atoms with Crippen LogP contribution in [0.3, 0.4) is 0 Å². The second-order valence-electron chi connectivity index (χ2n) is 3.15. The van der Waals surface area contributed by atoms with Gasteiger partial charge in [-0.05, 0) is 13.1 Å². The van der Waals surface area contributed by atoms with Crippen molar-refractivity contribution in [1.29, 1.82) is 0 Å². The van der Waals surface area contributed by atoms with Crippen LogP contribution >= 0.6 is 0 Å². The first-order valence-electron chi connectivity index (χ1n) is 4.60. The minimum atomic E-state index is -4.85. The first-order chi connectivity index (χ1) is 7.85. The SMILES string of the molecule is CNC(C(=O)O)c1ccccc1OC(F)(F)F. The van der Waals surface area contributed by atoms with Crippen LogP contribution in [0.2, 0.25) is 0 Å². The second kappa shape index (κ2) is 5.05. The Morgan fingerprint density at radius 3 is 2.47 bits per heavy atom. The van der Waals surface area contributed by atoms with E-state index in [0.29, 0.717) is 0 Å². The molecule has 0 saturated heterocycles. The van der Waals surface area contributed by atoms with Crippen molar-refractivity contribution in [2.45, 2.75) is 12.4 Å².